The molecule has 0 unspecified atom stereocenters. The highest BCUT2D eigenvalue weighted by molar-refractivity contribution is 6.34. The molecule has 0 atom stereocenters. The first-order valence-corrected chi connectivity index (χ1v) is 8.46. The van der Waals surface area contributed by atoms with E-state index in [0.717, 1.165) is 13.1 Å². The molecule has 25 heavy (non-hydrogen) atoms. The number of anilines is 2. The third kappa shape index (κ3) is 3.64. The van der Waals surface area contributed by atoms with Crippen LogP contribution in [0.2, 0.25) is 5.02 Å². The zero-order valence-corrected chi connectivity index (χ0v) is 14.8. The molecule has 2 aromatic heterocycles. The fourth-order valence-corrected chi connectivity index (χ4v) is 2.63. The number of aromatic nitrogens is 4. The lowest BCUT2D eigenvalue weighted by molar-refractivity contribution is 0.274. The van der Waals surface area contributed by atoms with Gasteiger partial charge < -0.3 is 20.3 Å². The van der Waals surface area contributed by atoms with Gasteiger partial charge in [-0.2, -0.15) is 4.98 Å². The van der Waals surface area contributed by atoms with Gasteiger partial charge >= 0.3 is 0 Å². The Bertz CT molecular complexity index is 882. The van der Waals surface area contributed by atoms with Gasteiger partial charge in [0.2, 0.25) is 11.7 Å². The fraction of sp³-hybridized carbons (Fsp3) is 0.375. The summed E-state index contributed by atoms with van der Waals surface area (Å²) < 4.78 is 5.10. The Balaban J connectivity index is 2.08. The topological polar surface area (TPSA) is 109 Å². The Morgan fingerprint density at radius 1 is 1.04 bits per heavy atom. The van der Waals surface area contributed by atoms with Gasteiger partial charge in [0.25, 0.3) is 0 Å². The largest absolute Gasteiger partial charge is 0.396 e. The molecule has 0 radical (unpaired) electrons. The molecular formula is C16H19ClN6O2. The average molecular weight is 363 g/mol. The maximum atomic E-state index is 8.96. The van der Waals surface area contributed by atoms with Gasteiger partial charge in [0, 0.05) is 18.7 Å². The molecule has 0 aliphatic heterocycles. The van der Waals surface area contributed by atoms with Crippen molar-refractivity contribution < 1.29 is 9.63 Å². The zero-order chi connectivity index (χ0) is 17.8. The number of hydrogen-bond donors (Lipinski definition) is 3. The third-order valence-corrected chi connectivity index (χ3v) is 3.79. The quantitative estimate of drug-likeness (QED) is 0.588. The summed E-state index contributed by atoms with van der Waals surface area (Å²) in [6.45, 7) is 5.40. The van der Waals surface area contributed by atoms with Crippen LogP contribution in [0.1, 0.15) is 19.7 Å². The van der Waals surface area contributed by atoms with Crippen molar-refractivity contribution in [3.63, 3.8) is 0 Å². The van der Waals surface area contributed by atoms with Gasteiger partial charge in [-0.05, 0) is 26.0 Å². The number of fused-ring (bicyclic) bond motifs is 1. The van der Waals surface area contributed by atoms with E-state index in [1.54, 1.807) is 12.1 Å². The van der Waals surface area contributed by atoms with Crippen molar-refractivity contribution in [3.05, 3.63) is 23.0 Å². The summed E-state index contributed by atoms with van der Waals surface area (Å²) in [5.41, 5.74) is 1.95. The molecule has 0 bridgehead atoms. The number of aliphatic hydroxyl groups excluding tert-OH is 1. The summed E-state index contributed by atoms with van der Waals surface area (Å²) in [7, 11) is 0. The Labute approximate surface area is 149 Å². The smallest absolute Gasteiger partial charge is 0.229 e. The Kier molecular flexibility index (Phi) is 5.30. The molecule has 0 saturated carbocycles. The van der Waals surface area contributed by atoms with Crippen LogP contribution in [-0.4, -0.2) is 44.9 Å². The Morgan fingerprint density at radius 2 is 1.68 bits per heavy atom. The van der Waals surface area contributed by atoms with Crippen LogP contribution in [0.5, 0.6) is 0 Å². The zero-order valence-electron chi connectivity index (χ0n) is 14.0. The number of benzene rings is 1. The molecule has 0 saturated heterocycles. The highest BCUT2D eigenvalue weighted by atomic mass is 35.5. The lowest BCUT2D eigenvalue weighted by Crippen LogP contribution is -2.08. The second-order valence-electron chi connectivity index (χ2n) is 5.29. The predicted molar refractivity (Wildman–Crippen MR) is 97.0 cm³/mol. The second-order valence-corrected chi connectivity index (χ2v) is 5.69. The lowest BCUT2D eigenvalue weighted by atomic mass is 10.2. The van der Waals surface area contributed by atoms with Crippen molar-refractivity contribution >= 4 is 34.3 Å². The van der Waals surface area contributed by atoms with Crippen molar-refractivity contribution in [1.82, 2.24) is 20.1 Å². The van der Waals surface area contributed by atoms with E-state index in [0.29, 0.717) is 51.4 Å². The van der Waals surface area contributed by atoms with E-state index in [1.807, 2.05) is 13.8 Å². The van der Waals surface area contributed by atoms with Crippen molar-refractivity contribution in [1.29, 1.82) is 0 Å². The van der Waals surface area contributed by atoms with Gasteiger partial charge in [0.05, 0.1) is 29.1 Å². The summed E-state index contributed by atoms with van der Waals surface area (Å²) in [5.74, 6) is 2.08. The molecule has 0 spiro atoms. The van der Waals surface area contributed by atoms with Crippen molar-refractivity contribution in [3.8, 4) is 11.4 Å². The average Bonchev–Trinajstić information content (AvgIpc) is 3.04. The molecule has 3 aromatic rings. The third-order valence-electron chi connectivity index (χ3n) is 3.48. The van der Waals surface area contributed by atoms with E-state index >= 15 is 0 Å². The molecule has 0 amide bonds. The number of hydrogen-bond acceptors (Lipinski definition) is 8. The SMILES string of the molecule is CCNc1nc2cc(Cl)c(-c3noc(CCO)n3)cc2nc1NCC. The van der Waals surface area contributed by atoms with Crippen LogP contribution in [0, 0.1) is 0 Å². The summed E-state index contributed by atoms with van der Waals surface area (Å²) in [6.07, 6.45) is 0.300. The van der Waals surface area contributed by atoms with Gasteiger partial charge in [0.1, 0.15) is 0 Å². The maximum Gasteiger partial charge on any atom is 0.229 e. The maximum absolute atomic E-state index is 8.96. The van der Waals surface area contributed by atoms with Gasteiger partial charge in [0.15, 0.2) is 11.6 Å². The van der Waals surface area contributed by atoms with Gasteiger partial charge in [-0.3, -0.25) is 0 Å². The molecule has 1 aromatic carbocycles. The molecule has 132 valence electrons. The first kappa shape index (κ1) is 17.4. The molecule has 0 aliphatic rings. The molecule has 8 nitrogen and oxygen atoms in total. The molecule has 9 heteroatoms. The minimum absolute atomic E-state index is 0.0577. The van der Waals surface area contributed by atoms with Crippen LogP contribution >= 0.6 is 11.6 Å². The van der Waals surface area contributed by atoms with E-state index < -0.39 is 0 Å². The number of halogens is 1. The molecular weight excluding hydrogens is 344 g/mol. The van der Waals surface area contributed by atoms with Crippen molar-refractivity contribution in [2.75, 3.05) is 30.3 Å². The van der Waals surface area contributed by atoms with Crippen LogP contribution in [0.3, 0.4) is 0 Å². The Hall–Kier alpha value is -2.45. The first-order chi connectivity index (χ1) is 12.2. The lowest BCUT2D eigenvalue weighted by Gasteiger charge is -2.12. The molecule has 3 rings (SSSR count). The highest BCUT2D eigenvalue weighted by Crippen LogP contribution is 2.31. The number of nitrogens with zero attached hydrogens (tertiary/aromatic N) is 4. The van der Waals surface area contributed by atoms with Gasteiger partial charge in [-0.25, -0.2) is 9.97 Å². The summed E-state index contributed by atoms with van der Waals surface area (Å²) in [4.78, 5) is 13.5. The van der Waals surface area contributed by atoms with Crippen LogP contribution in [0.15, 0.2) is 16.7 Å². The Morgan fingerprint density at radius 3 is 2.28 bits per heavy atom. The minimum atomic E-state index is -0.0577. The summed E-state index contributed by atoms with van der Waals surface area (Å²) >= 11 is 6.38. The van der Waals surface area contributed by atoms with Crippen LogP contribution in [0.25, 0.3) is 22.4 Å². The summed E-state index contributed by atoms with van der Waals surface area (Å²) in [6, 6.07) is 3.52. The number of nitrogens with one attached hydrogen (secondary N) is 2. The number of aliphatic hydroxyl groups is 1. The molecule has 0 aliphatic carbocycles. The number of rotatable bonds is 7. The van der Waals surface area contributed by atoms with Gasteiger partial charge in [-0.15, -0.1) is 0 Å². The summed E-state index contributed by atoms with van der Waals surface area (Å²) in [5, 5.41) is 19.7. The van der Waals surface area contributed by atoms with Crippen LogP contribution in [0.4, 0.5) is 11.6 Å². The molecule has 2 heterocycles. The van der Waals surface area contributed by atoms with E-state index in [1.165, 1.54) is 0 Å². The van der Waals surface area contributed by atoms with E-state index in [2.05, 4.69) is 30.7 Å². The monoisotopic (exact) mass is 362 g/mol. The molecule has 3 N–H and O–H groups in total. The van der Waals surface area contributed by atoms with E-state index in [-0.39, 0.29) is 6.61 Å². The minimum Gasteiger partial charge on any atom is -0.396 e. The van der Waals surface area contributed by atoms with Crippen molar-refractivity contribution in [2.45, 2.75) is 20.3 Å². The van der Waals surface area contributed by atoms with E-state index in [9.17, 15) is 0 Å². The molecule has 0 fully saturated rings. The second kappa shape index (κ2) is 7.62. The first-order valence-electron chi connectivity index (χ1n) is 8.09. The normalized spacial score (nSPS) is 11.0. The van der Waals surface area contributed by atoms with Crippen LogP contribution < -0.4 is 10.6 Å². The highest BCUT2D eigenvalue weighted by Gasteiger charge is 2.15. The van der Waals surface area contributed by atoms with Crippen molar-refractivity contribution in [2.24, 2.45) is 0 Å². The van der Waals surface area contributed by atoms with Gasteiger partial charge in [-0.1, -0.05) is 16.8 Å². The van der Waals surface area contributed by atoms with Crippen LogP contribution in [-0.2, 0) is 6.42 Å². The van der Waals surface area contributed by atoms with E-state index in [4.69, 9.17) is 21.2 Å². The standard InChI is InChI=1S/C16H19ClN6O2/c1-3-18-15-16(19-4-2)21-12-8-10(17)9(7-11(12)20-15)14-22-13(5-6-24)25-23-14/h7-8,24H,3-6H2,1-2H3,(H,18,20)(H,19,21). The fourth-order valence-electron chi connectivity index (χ4n) is 2.39. The predicted octanol–water partition coefficient (Wildman–Crippen LogP) is 2.73.